The molecule has 2 aromatic rings. The van der Waals surface area contributed by atoms with Crippen LogP contribution in [0.5, 0.6) is 0 Å². The van der Waals surface area contributed by atoms with Crippen LogP contribution in [-0.2, 0) is 6.42 Å². The molecule has 1 saturated heterocycles. The maximum Gasteiger partial charge on any atom is 0.0645 e. The van der Waals surface area contributed by atoms with E-state index >= 15 is 0 Å². The lowest BCUT2D eigenvalue weighted by Gasteiger charge is -2.22. The van der Waals surface area contributed by atoms with Gasteiger partial charge in [0, 0.05) is 12.4 Å². The fourth-order valence-corrected chi connectivity index (χ4v) is 2.63. The van der Waals surface area contributed by atoms with Crippen molar-refractivity contribution in [3.8, 4) is 5.69 Å². The molecule has 0 radical (unpaired) electrons. The van der Waals surface area contributed by atoms with Crippen molar-refractivity contribution >= 4 is 0 Å². The molecule has 0 aliphatic carbocycles. The van der Waals surface area contributed by atoms with Gasteiger partial charge in [0.15, 0.2) is 0 Å². The molecule has 18 heavy (non-hydrogen) atoms. The number of aromatic nitrogens is 2. The van der Waals surface area contributed by atoms with Gasteiger partial charge >= 0.3 is 0 Å². The van der Waals surface area contributed by atoms with Gasteiger partial charge in [-0.3, -0.25) is 0 Å². The van der Waals surface area contributed by atoms with Gasteiger partial charge in [-0.05, 0) is 62.0 Å². The molecule has 0 bridgehead atoms. The summed E-state index contributed by atoms with van der Waals surface area (Å²) in [5, 5.41) is 7.66. The second kappa shape index (κ2) is 5.36. The van der Waals surface area contributed by atoms with Crippen LogP contribution in [0, 0.1) is 5.92 Å². The van der Waals surface area contributed by atoms with Crippen LogP contribution in [0.1, 0.15) is 18.4 Å². The highest BCUT2D eigenvalue weighted by Crippen LogP contribution is 2.19. The summed E-state index contributed by atoms with van der Waals surface area (Å²) in [6.07, 6.45) is 7.60. The first-order valence-corrected chi connectivity index (χ1v) is 6.71. The minimum atomic E-state index is 0.849. The van der Waals surface area contributed by atoms with Gasteiger partial charge in [0.25, 0.3) is 0 Å². The zero-order valence-electron chi connectivity index (χ0n) is 10.5. The summed E-state index contributed by atoms with van der Waals surface area (Å²) in [6.45, 7) is 2.35. The molecule has 3 rings (SSSR count). The highest BCUT2D eigenvalue weighted by Gasteiger charge is 2.13. The van der Waals surface area contributed by atoms with E-state index in [2.05, 4.69) is 34.7 Å². The van der Waals surface area contributed by atoms with Gasteiger partial charge < -0.3 is 5.32 Å². The number of benzene rings is 1. The Kier molecular flexibility index (Phi) is 3.42. The fourth-order valence-electron chi connectivity index (χ4n) is 2.63. The molecule has 0 unspecified atom stereocenters. The quantitative estimate of drug-likeness (QED) is 0.894. The van der Waals surface area contributed by atoms with Gasteiger partial charge in [0.2, 0.25) is 0 Å². The molecule has 1 N–H and O–H groups in total. The number of nitrogens with one attached hydrogen (secondary N) is 1. The molecular weight excluding hydrogens is 222 g/mol. The van der Waals surface area contributed by atoms with Crippen LogP contribution in [0.4, 0.5) is 0 Å². The lowest BCUT2D eigenvalue weighted by Crippen LogP contribution is -2.28. The molecule has 3 nitrogen and oxygen atoms in total. The van der Waals surface area contributed by atoms with E-state index in [1.165, 1.54) is 37.9 Å². The van der Waals surface area contributed by atoms with E-state index in [9.17, 15) is 0 Å². The molecular formula is C15H19N3. The summed E-state index contributed by atoms with van der Waals surface area (Å²) in [7, 11) is 0. The molecule has 0 spiro atoms. The zero-order chi connectivity index (χ0) is 12.2. The second-order valence-electron chi connectivity index (χ2n) is 5.01. The summed E-state index contributed by atoms with van der Waals surface area (Å²) >= 11 is 0. The van der Waals surface area contributed by atoms with Crippen molar-refractivity contribution in [3.63, 3.8) is 0 Å². The topological polar surface area (TPSA) is 29.9 Å². The van der Waals surface area contributed by atoms with Crippen molar-refractivity contribution in [1.82, 2.24) is 15.1 Å². The Bertz CT molecular complexity index is 467. The Morgan fingerprint density at radius 2 is 1.94 bits per heavy atom. The summed E-state index contributed by atoms with van der Waals surface area (Å²) in [5.74, 6) is 0.849. The predicted molar refractivity (Wildman–Crippen MR) is 72.9 cm³/mol. The number of nitrogens with zero attached hydrogens (tertiary/aromatic N) is 2. The number of hydrogen-bond acceptors (Lipinski definition) is 2. The first-order chi connectivity index (χ1) is 8.92. The Balaban J connectivity index is 1.67. The van der Waals surface area contributed by atoms with Gasteiger partial charge in [-0.1, -0.05) is 12.1 Å². The summed E-state index contributed by atoms with van der Waals surface area (Å²) in [6, 6.07) is 10.7. The van der Waals surface area contributed by atoms with Crippen LogP contribution < -0.4 is 5.32 Å². The average Bonchev–Trinajstić information content (AvgIpc) is 2.95. The van der Waals surface area contributed by atoms with E-state index in [1.807, 2.05) is 23.1 Å². The van der Waals surface area contributed by atoms with Gasteiger partial charge in [0.1, 0.15) is 0 Å². The van der Waals surface area contributed by atoms with Crippen LogP contribution in [-0.4, -0.2) is 22.9 Å². The molecule has 1 aliphatic rings. The third kappa shape index (κ3) is 2.62. The van der Waals surface area contributed by atoms with Gasteiger partial charge in [0.05, 0.1) is 5.69 Å². The second-order valence-corrected chi connectivity index (χ2v) is 5.01. The van der Waals surface area contributed by atoms with E-state index in [1.54, 1.807) is 0 Å². The highest BCUT2D eigenvalue weighted by molar-refractivity contribution is 5.33. The van der Waals surface area contributed by atoms with Crippen molar-refractivity contribution in [1.29, 1.82) is 0 Å². The lowest BCUT2D eigenvalue weighted by atomic mass is 9.91. The summed E-state index contributed by atoms with van der Waals surface area (Å²) in [4.78, 5) is 0. The van der Waals surface area contributed by atoms with Crippen LogP contribution in [0.2, 0.25) is 0 Å². The number of piperidine rings is 1. The molecule has 1 aromatic carbocycles. The fraction of sp³-hybridized carbons (Fsp3) is 0.400. The Hall–Kier alpha value is -1.61. The third-order valence-electron chi connectivity index (χ3n) is 3.69. The van der Waals surface area contributed by atoms with Crippen LogP contribution in [0.3, 0.4) is 0 Å². The van der Waals surface area contributed by atoms with Gasteiger partial charge in [-0.25, -0.2) is 4.68 Å². The Labute approximate surface area is 108 Å². The van der Waals surface area contributed by atoms with E-state index in [4.69, 9.17) is 0 Å². The lowest BCUT2D eigenvalue weighted by molar-refractivity contribution is 0.372. The maximum atomic E-state index is 4.24. The van der Waals surface area contributed by atoms with Gasteiger partial charge in [-0.15, -0.1) is 0 Å². The average molecular weight is 241 g/mol. The zero-order valence-corrected chi connectivity index (χ0v) is 10.5. The normalized spacial score (nSPS) is 16.9. The van der Waals surface area contributed by atoms with Crippen molar-refractivity contribution < 1.29 is 0 Å². The highest BCUT2D eigenvalue weighted by atomic mass is 15.3. The molecule has 0 saturated carbocycles. The van der Waals surface area contributed by atoms with Crippen LogP contribution in [0.15, 0.2) is 42.7 Å². The molecule has 1 aromatic heterocycles. The van der Waals surface area contributed by atoms with Crippen LogP contribution in [0.25, 0.3) is 5.69 Å². The van der Waals surface area contributed by atoms with Gasteiger partial charge in [-0.2, -0.15) is 5.10 Å². The SMILES string of the molecule is c1cnn(-c2ccc(CC3CCNCC3)cc2)c1. The number of rotatable bonds is 3. The first-order valence-electron chi connectivity index (χ1n) is 6.71. The molecule has 1 fully saturated rings. The summed E-state index contributed by atoms with van der Waals surface area (Å²) in [5.41, 5.74) is 2.58. The molecule has 1 aliphatic heterocycles. The Morgan fingerprint density at radius 1 is 1.17 bits per heavy atom. The van der Waals surface area contributed by atoms with E-state index in [0.29, 0.717) is 0 Å². The molecule has 0 atom stereocenters. The maximum absolute atomic E-state index is 4.24. The van der Waals surface area contributed by atoms with E-state index in [-0.39, 0.29) is 0 Å². The van der Waals surface area contributed by atoms with Crippen molar-refractivity contribution in [2.75, 3.05) is 13.1 Å². The van der Waals surface area contributed by atoms with Crippen molar-refractivity contribution in [2.24, 2.45) is 5.92 Å². The predicted octanol–water partition coefficient (Wildman–Crippen LogP) is 2.41. The minimum absolute atomic E-state index is 0.849. The summed E-state index contributed by atoms with van der Waals surface area (Å²) < 4.78 is 1.90. The third-order valence-corrected chi connectivity index (χ3v) is 3.69. The standard InChI is InChI=1S/C15H19N3/c1-8-17-18(11-1)15-4-2-13(3-5-15)12-14-6-9-16-10-7-14/h1-5,8,11,14,16H,6-7,9-10,12H2. The van der Waals surface area contributed by atoms with E-state index < -0.39 is 0 Å². The van der Waals surface area contributed by atoms with E-state index in [0.717, 1.165) is 11.6 Å². The molecule has 94 valence electrons. The molecule has 3 heteroatoms. The Morgan fingerprint density at radius 3 is 2.61 bits per heavy atom. The monoisotopic (exact) mass is 241 g/mol. The number of hydrogen-bond donors (Lipinski definition) is 1. The van der Waals surface area contributed by atoms with Crippen molar-refractivity contribution in [2.45, 2.75) is 19.3 Å². The molecule has 2 heterocycles. The smallest absolute Gasteiger partial charge is 0.0645 e. The first kappa shape index (κ1) is 11.5. The minimum Gasteiger partial charge on any atom is -0.317 e. The van der Waals surface area contributed by atoms with Crippen LogP contribution >= 0.6 is 0 Å². The largest absolute Gasteiger partial charge is 0.317 e. The molecule has 0 amide bonds. The van der Waals surface area contributed by atoms with Crippen molar-refractivity contribution in [3.05, 3.63) is 48.3 Å².